The molecule has 5 nitrogen and oxygen atoms in total. The van der Waals surface area contributed by atoms with Gasteiger partial charge in [0.2, 0.25) is 5.91 Å². The Morgan fingerprint density at radius 1 is 1.10 bits per heavy atom. The molecule has 1 aromatic rings. The summed E-state index contributed by atoms with van der Waals surface area (Å²) >= 11 is 0. The number of hydrogen-bond acceptors (Lipinski definition) is 3. The van der Waals surface area contributed by atoms with Crippen molar-refractivity contribution < 1.29 is 9.59 Å². The topological polar surface area (TPSA) is 66.6 Å². The van der Waals surface area contributed by atoms with Crippen LogP contribution in [0.5, 0.6) is 0 Å². The van der Waals surface area contributed by atoms with E-state index in [-0.39, 0.29) is 17.9 Å². The average molecular weight is 289 g/mol. The van der Waals surface area contributed by atoms with E-state index in [1.54, 1.807) is 0 Å². The molecule has 0 aliphatic carbocycles. The molecule has 1 heterocycles. The summed E-state index contributed by atoms with van der Waals surface area (Å²) in [5, 5.41) is 0. The lowest BCUT2D eigenvalue weighted by molar-refractivity contribution is -0.131. The second-order valence-corrected chi connectivity index (χ2v) is 5.57. The standard InChI is InChI=1S/C16H23N3O2/c1-13(17)12-15(20)18-8-5-9-19(11-10-18)16(21)14-6-3-2-4-7-14/h2-4,6-7,13H,5,8-12,17H2,1H3. The fraction of sp³-hybridized carbons (Fsp3) is 0.500. The van der Waals surface area contributed by atoms with E-state index in [0.717, 1.165) is 6.42 Å². The van der Waals surface area contributed by atoms with Gasteiger partial charge in [-0.15, -0.1) is 0 Å². The van der Waals surface area contributed by atoms with E-state index in [1.165, 1.54) is 0 Å². The maximum absolute atomic E-state index is 12.4. The van der Waals surface area contributed by atoms with Crippen LogP contribution in [-0.4, -0.2) is 53.8 Å². The van der Waals surface area contributed by atoms with Crippen molar-refractivity contribution in [3.8, 4) is 0 Å². The number of hydrogen-bond donors (Lipinski definition) is 1. The summed E-state index contributed by atoms with van der Waals surface area (Å²) in [7, 11) is 0. The molecule has 21 heavy (non-hydrogen) atoms. The quantitative estimate of drug-likeness (QED) is 0.906. The Hall–Kier alpha value is -1.88. The third kappa shape index (κ3) is 4.29. The molecule has 1 aromatic carbocycles. The molecule has 2 N–H and O–H groups in total. The molecular formula is C16H23N3O2. The van der Waals surface area contributed by atoms with Gasteiger partial charge in [0.15, 0.2) is 0 Å². The van der Waals surface area contributed by atoms with Crippen molar-refractivity contribution in [3.63, 3.8) is 0 Å². The monoisotopic (exact) mass is 289 g/mol. The first-order chi connectivity index (χ1) is 10.1. The molecule has 114 valence electrons. The number of nitrogens with zero attached hydrogens (tertiary/aromatic N) is 2. The molecule has 0 aromatic heterocycles. The molecule has 1 fully saturated rings. The number of amides is 2. The minimum Gasteiger partial charge on any atom is -0.341 e. The normalized spacial score (nSPS) is 17.2. The highest BCUT2D eigenvalue weighted by Crippen LogP contribution is 2.10. The lowest BCUT2D eigenvalue weighted by atomic mass is 10.2. The first-order valence-electron chi connectivity index (χ1n) is 7.45. The molecule has 2 rings (SSSR count). The van der Waals surface area contributed by atoms with Crippen LogP contribution in [0.1, 0.15) is 30.1 Å². The highest BCUT2D eigenvalue weighted by atomic mass is 16.2. The Morgan fingerprint density at radius 2 is 1.71 bits per heavy atom. The van der Waals surface area contributed by atoms with E-state index in [4.69, 9.17) is 5.73 Å². The molecule has 1 atom stereocenters. The van der Waals surface area contributed by atoms with E-state index in [2.05, 4.69) is 0 Å². The summed E-state index contributed by atoms with van der Waals surface area (Å²) in [6.07, 6.45) is 1.18. The zero-order valence-electron chi connectivity index (χ0n) is 12.5. The number of benzene rings is 1. The number of carbonyl (C=O) groups excluding carboxylic acids is 2. The number of nitrogens with two attached hydrogens (primary N) is 1. The summed E-state index contributed by atoms with van der Waals surface area (Å²) in [5.41, 5.74) is 6.38. The average Bonchev–Trinajstić information content (AvgIpc) is 2.72. The van der Waals surface area contributed by atoms with Gasteiger partial charge >= 0.3 is 0 Å². The van der Waals surface area contributed by atoms with Gasteiger partial charge in [0.25, 0.3) is 5.91 Å². The first-order valence-corrected chi connectivity index (χ1v) is 7.45. The summed E-state index contributed by atoms with van der Waals surface area (Å²) in [6, 6.07) is 9.15. The third-order valence-electron chi connectivity index (χ3n) is 3.65. The van der Waals surface area contributed by atoms with Crippen molar-refractivity contribution in [2.75, 3.05) is 26.2 Å². The van der Waals surface area contributed by atoms with Crippen molar-refractivity contribution in [2.45, 2.75) is 25.8 Å². The largest absolute Gasteiger partial charge is 0.341 e. The molecule has 1 unspecified atom stereocenters. The van der Waals surface area contributed by atoms with Crippen molar-refractivity contribution in [3.05, 3.63) is 35.9 Å². The predicted molar refractivity (Wildman–Crippen MR) is 81.8 cm³/mol. The van der Waals surface area contributed by atoms with Crippen LogP contribution in [0.3, 0.4) is 0 Å². The third-order valence-corrected chi connectivity index (χ3v) is 3.65. The second-order valence-electron chi connectivity index (χ2n) is 5.57. The van der Waals surface area contributed by atoms with Crippen molar-refractivity contribution in [1.82, 2.24) is 9.80 Å². The molecule has 0 saturated carbocycles. The van der Waals surface area contributed by atoms with E-state index >= 15 is 0 Å². The Kier molecular flexibility index (Phi) is 5.33. The lowest BCUT2D eigenvalue weighted by Gasteiger charge is -2.23. The van der Waals surface area contributed by atoms with Gasteiger partial charge in [-0.1, -0.05) is 18.2 Å². The Labute approximate surface area is 125 Å². The number of rotatable bonds is 3. The SMILES string of the molecule is CC(N)CC(=O)N1CCCN(C(=O)c2ccccc2)CC1. The Bertz CT molecular complexity index is 488. The minimum atomic E-state index is -0.122. The molecule has 5 heteroatoms. The van der Waals surface area contributed by atoms with Crippen molar-refractivity contribution in [1.29, 1.82) is 0 Å². The molecule has 0 spiro atoms. The van der Waals surface area contributed by atoms with Crippen LogP contribution >= 0.6 is 0 Å². The zero-order chi connectivity index (χ0) is 15.2. The van der Waals surface area contributed by atoms with E-state index < -0.39 is 0 Å². The van der Waals surface area contributed by atoms with Crippen LogP contribution in [0, 0.1) is 0 Å². The van der Waals surface area contributed by atoms with Crippen LogP contribution < -0.4 is 5.73 Å². The minimum absolute atomic E-state index is 0.0390. The van der Waals surface area contributed by atoms with Gasteiger partial charge in [-0.25, -0.2) is 0 Å². The van der Waals surface area contributed by atoms with Crippen LogP contribution in [0.2, 0.25) is 0 Å². The zero-order valence-corrected chi connectivity index (χ0v) is 12.5. The Balaban J connectivity index is 1.95. The molecule has 1 aliphatic rings. The molecule has 2 amide bonds. The van der Waals surface area contributed by atoms with Gasteiger partial charge in [0, 0.05) is 44.2 Å². The smallest absolute Gasteiger partial charge is 0.253 e. The molecule has 0 bridgehead atoms. The summed E-state index contributed by atoms with van der Waals surface area (Å²) in [5.74, 6) is 0.121. The summed E-state index contributed by atoms with van der Waals surface area (Å²) in [6.45, 7) is 4.39. The maximum Gasteiger partial charge on any atom is 0.253 e. The maximum atomic E-state index is 12.4. The molecule has 1 saturated heterocycles. The van der Waals surface area contributed by atoms with E-state index in [0.29, 0.717) is 38.2 Å². The molecule has 0 radical (unpaired) electrons. The van der Waals surface area contributed by atoms with Crippen LogP contribution in [0.4, 0.5) is 0 Å². The van der Waals surface area contributed by atoms with Gasteiger partial charge in [-0.2, -0.15) is 0 Å². The van der Waals surface area contributed by atoms with Gasteiger partial charge in [-0.3, -0.25) is 9.59 Å². The van der Waals surface area contributed by atoms with Gasteiger partial charge in [0.05, 0.1) is 0 Å². The van der Waals surface area contributed by atoms with Crippen molar-refractivity contribution >= 4 is 11.8 Å². The van der Waals surface area contributed by atoms with Gasteiger partial charge < -0.3 is 15.5 Å². The van der Waals surface area contributed by atoms with Crippen LogP contribution in [-0.2, 0) is 4.79 Å². The fourth-order valence-electron chi connectivity index (χ4n) is 2.54. The summed E-state index contributed by atoms with van der Waals surface area (Å²) in [4.78, 5) is 28.1. The van der Waals surface area contributed by atoms with Crippen molar-refractivity contribution in [2.24, 2.45) is 5.73 Å². The van der Waals surface area contributed by atoms with Crippen LogP contribution in [0.15, 0.2) is 30.3 Å². The van der Waals surface area contributed by atoms with E-state index in [9.17, 15) is 9.59 Å². The highest BCUT2D eigenvalue weighted by molar-refractivity contribution is 5.94. The summed E-state index contributed by atoms with van der Waals surface area (Å²) < 4.78 is 0. The second kappa shape index (κ2) is 7.22. The lowest BCUT2D eigenvalue weighted by Crippen LogP contribution is -2.39. The molecule has 1 aliphatic heterocycles. The highest BCUT2D eigenvalue weighted by Gasteiger charge is 2.22. The number of carbonyl (C=O) groups is 2. The Morgan fingerprint density at radius 3 is 2.38 bits per heavy atom. The van der Waals surface area contributed by atoms with E-state index in [1.807, 2.05) is 47.1 Å². The van der Waals surface area contributed by atoms with Crippen LogP contribution in [0.25, 0.3) is 0 Å². The first kappa shape index (κ1) is 15.5. The predicted octanol–water partition coefficient (Wildman–Crippen LogP) is 1.10. The van der Waals surface area contributed by atoms with Gasteiger partial charge in [0.1, 0.15) is 0 Å². The fourth-order valence-corrected chi connectivity index (χ4v) is 2.54. The molecular weight excluding hydrogens is 266 g/mol. The van der Waals surface area contributed by atoms with Gasteiger partial charge in [-0.05, 0) is 25.5 Å².